The highest BCUT2D eigenvalue weighted by Crippen LogP contribution is 2.24. The maximum Gasteiger partial charge on any atom is 0.237 e. The molecule has 0 bridgehead atoms. The number of carbonyl (C=O) groups excluding carboxylic acids is 1. The van der Waals surface area contributed by atoms with E-state index in [-0.39, 0.29) is 11.2 Å². The third-order valence-corrected chi connectivity index (χ3v) is 4.99. The molecule has 1 atom stereocenters. The standard InChI is InChI=1S/C20H19N5OS/c1-3-14-4-8-16(9-5-14)18-23-20(25-24-18)27-13(2)19(26)22-17-10-6-15(12-21)7-11-17/h4-11,13H,3H2,1-2H3,(H,22,26)(H,23,24,25)/t13-/m0/s1. The molecule has 2 N–H and O–H groups in total. The van der Waals surface area contributed by atoms with Crippen molar-refractivity contribution in [2.24, 2.45) is 0 Å². The molecule has 2 aromatic carbocycles. The molecule has 3 aromatic rings. The summed E-state index contributed by atoms with van der Waals surface area (Å²) in [5.41, 5.74) is 3.43. The number of nitrogens with zero attached hydrogens (tertiary/aromatic N) is 3. The van der Waals surface area contributed by atoms with Crippen LogP contribution in [0.2, 0.25) is 0 Å². The lowest BCUT2D eigenvalue weighted by atomic mass is 10.1. The molecule has 0 saturated heterocycles. The van der Waals surface area contributed by atoms with E-state index in [0.717, 1.165) is 12.0 Å². The summed E-state index contributed by atoms with van der Waals surface area (Å²) >= 11 is 1.28. The molecule has 0 radical (unpaired) electrons. The first-order chi connectivity index (χ1) is 13.1. The zero-order valence-electron chi connectivity index (χ0n) is 15.1. The molecule has 0 aliphatic carbocycles. The number of hydrogen-bond donors (Lipinski definition) is 2. The van der Waals surface area contributed by atoms with Crippen molar-refractivity contribution in [1.29, 1.82) is 5.26 Å². The third-order valence-electron chi connectivity index (χ3n) is 4.03. The van der Waals surface area contributed by atoms with Crippen molar-refractivity contribution < 1.29 is 4.79 Å². The van der Waals surface area contributed by atoms with E-state index in [1.165, 1.54) is 17.3 Å². The lowest BCUT2D eigenvalue weighted by molar-refractivity contribution is -0.115. The second-order valence-electron chi connectivity index (χ2n) is 5.96. The van der Waals surface area contributed by atoms with Crippen LogP contribution in [0.25, 0.3) is 11.4 Å². The number of aromatic nitrogens is 3. The minimum Gasteiger partial charge on any atom is -0.325 e. The van der Waals surface area contributed by atoms with Gasteiger partial charge >= 0.3 is 0 Å². The normalized spacial score (nSPS) is 11.6. The van der Waals surface area contributed by atoms with E-state index in [1.54, 1.807) is 31.2 Å². The summed E-state index contributed by atoms with van der Waals surface area (Å²) in [4.78, 5) is 16.8. The fraction of sp³-hybridized carbons (Fsp3) is 0.200. The van der Waals surface area contributed by atoms with E-state index in [0.29, 0.717) is 22.2 Å². The van der Waals surface area contributed by atoms with Gasteiger partial charge < -0.3 is 5.32 Å². The summed E-state index contributed by atoms with van der Waals surface area (Å²) in [6, 6.07) is 16.9. The number of aromatic amines is 1. The van der Waals surface area contributed by atoms with Gasteiger partial charge in [-0.3, -0.25) is 9.89 Å². The monoisotopic (exact) mass is 377 g/mol. The Hall–Kier alpha value is -3.11. The maximum atomic E-state index is 12.4. The number of rotatable bonds is 6. The van der Waals surface area contributed by atoms with Gasteiger partial charge in [-0.1, -0.05) is 43.0 Å². The molecule has 27 heavy (non-hydrogen) atoms. The highest BCUT2D eigenvalue weighted by molar-refractivity contribution is 8.00. The first kappa shape index (κ1) is 18.7. The van der Waals surface area contributed by atoms with E-state index in [4.69, 9.17) is 5.26 Å². The predicted molar refractivity (Wildman–Crippen MR) is 106 cm³/mol. The number of H-pyrrole nitrogens is 1. The molecule has 6 nitrogen and oxygen atoms in total. The second kappa shape index (κ2) is 8.52. The zero-order valence-corrected chi connectivity index (χ0v) is 15.9. The summed E-state index contributed by atoms with van der Waals surface area (Å²) in [7, 11) is 0. The summed E-state index contributed by atoms with van der Waals surface area (Å²) in [5, 5.41) is 18.9. The van der Waals surface area contributed by atoms with E-state index in [9.17, 15) is 4.79 Å². The predicted octanol–water partition coefficient (Wildman–Crippen LogP) is 4.03. The SMILES string of the molecule is CCc1ccc(-c2nc(S[C@@H](C)C(=O)Nc3ccc(C#N)cc3)n[nH]2)cc1. The third kappa shape index (κ3) is 4.74. The minimum absolute atomic E-state index is 0.150. The van der Waals surface area contributed by atoms with Gasteiger partial charge in [0.25, 0.3) is 0 Å². The smallest absolute Gasteiger partial charge is 0.237 e. The maximum absolute atomic E-state index is 12.4. The van der Waals surface area contributed by atoms with Crippen molar-refractivity contribution in [2.45, 2.75) is 30.7 Å². The average molecular weight is 377 g/mol. The van der Waals surface area contributed by atoms with Gasteiger partial charge in [0.2, 0.25) is 11.1 Å². The Morgan fingerprint density at radius 1 is 1.22 bits per heavy atom. The Labute approximate surface area is 162 Å². The Balaban J connectivity index is 1.61. The van der Waals surface area contributed by atoms with Crippen LogP contribution in [0.5, 0.6) is 0 Å². The molecular weight excluding hydrogens is 358 g/mol. The van der Waals surface area contributed by atoms with Crippen LogP contribution in [0.15, 0.2) is 53.7 Å². The zero-order chi connectivity index (χ0) is 19.2. The van der Waals surface area contributed by atoms with Gasteiger partial charge in [0, 0.05) is 11.3 Å². The van der Waals surface area contributed by atoms with Crippen LogP contribution in [0.1, 0.15) is 25.0 Å². The van der Waals surface area contributed by atoms with Crippen LogP contribution in [-0.2, 0) is 11.2 Å². The fourth-order valence-electron chi connectivity index (χ4n) is 2.41. The van der Waals surface area contributed by atoms with Crippen molar-refractivity contribution in [3.8, 4) is 17.5 Å². The highest BCUT2D eigenvalue weighted by Gasteiger charge is 2.17. The molecule has 1 amide bonds. The van der Waals surface area contributed by atoms with Crippen LogP contribution in [0.3, 0.4) is 0 Å². The van der Waals surface area contributed by atoms with Gasteiger partial charge in [0.15, 0.2) is 5.82 Å². The van der Waals surface area contributed by atoms with Crippen LogP contribution in [-0.4, -0.2) is 26.3 Å². The van der Waals surface area contributed by atoms with Crippen molar-refractivity contribution in [3.63, 3.8) is 0 Å². The van der Waals surface area contributed by atoms with Gasteiger partial charge in [-0.05, 0) is 43.2 Å². The van der Waals surface area contributed by atoms with Gasteiger partial charge in [-0.15, -0.1) is 5.10 Å². The van der Waals surface area contributed by atoms with E-state index in [1.807, 2.05) is 18.2 Å². The average Bonchev–Trinajstić information content (AvgIpc) is 3.17. The van der Waals surface area contributed by atoms with Crippen LogP contribution >= 0.6 is 11.8 Å². The first-order valence-electron chi connectivity index (χ1n) is 8.58. The number of carbonyl (C=O) groups is 1. The molecule has 0 spiro atoms. The Morgan fingerprint density at radius 3 is 2.56 bits per heavy atom. The molecule has 0 saturated carbocycles. The number of amides is 1. The minimum atomic E-state index is -0.369. The summed E-state index contributed by atoms with van der Waals surface area (Å²) < 4.78 is 0. The molecule has 0 aliphatic heterocycles. The first-order valence-corrected chi connectivity index (χ1v) is 9.46. The summed E-state index contributed by atoms with van der Waals surface area (Å²) in [6.45, 7) is 3.91. The molecule has 1 heterocycles. The van der Waals surface area contributed by atoms with Gasteiger partial charge in [0.1, 0.15) is 0 Å². The molecular formula is C20H19N5OS. The molecule has 1 aromatic heterocycles. The Kier molecular flexibility index (Phi) is 5.89. The number of benzene rings is 2. The number of nitriles is 1. The van der Waals surface area contributed by atoms with Crippen LogP contribution in [0.4, 0.5) is 5.69 Å². The fourth-order valence-corrected chi connectivity index (χ4v) is 3.13. The number of thioether (sulfide) groups is 1. The number of anilines is 1. The van der Waals surface area contributed by atoms with Gasteiger partial charge in [-0.2, -0.15) is 5.26 Å². The molecule has 0 aliphatic rings. The molecule has 0 fully saturated rings. The topological polar surface area (TPSA) is 94.5 Å². The highest BCUT2D eigenvalue weighted by atomic mass is 32.2. The van der Waals surface area contributed by atoms with Gasteiger partial charge in [-0.25, -0.2) is 4.98 Å². The van der Waals surface area contributed by atoms with Crippen LogP contribution in [0, 0.1) is 11.3 Å². The van der Waals surface area contributed by atoms with E-state index in [2.05, 4.69) is 39.6 Å². The Bertz CT molecular complexity index is 957. The quantitative estimate of drug-likeness (QED) is 0.633. The molecule has 136 valence electrons. The summed E-state index contributed by atoms with van der Waals surface area (Å²) in [6.07, 6.45) is 0.990. The van der Waals surface area contributed by atoms with Crippen molar-refractivity contribution in [2.75, 3.05) is 5.32 Å². The molecule has 0 unspecified atom stereocenters. The molecule has 3 rings (SSSR count). The lowest BCUT2D eigenvalue weighted by Crippen LogP contribution is -2.22. The summed E-state index contributed by atoms with van der Waals surface area (Å²) in [5.74, 6) is 0.531. The number of hydrogen-bond acceptors (Lipinski definition) is 5. The van der Waals surface area contributed by atoms with Crippen molar-refractivity contribution in [3.05, 3.63) is 59.7 Å². The van der Waals surface area contributed by atoms with E-state index < -0.39 is 0 Å². The second-order valence-corrected chi connectivity index (χ2v) is 7.26. The van der Waals surface area contributed by atoms with Crippen molar-refractivity contribution in [1.82, 2.24) is 15.2 Å². The number of aryl methyl sites for hydroxylation is 1. The lowest BCUT2D eigenvalue weighted by Gasteiger charge is -2.10. The Morgan fingerprint density at radius 2 is 1.93 bits per heavy atom. The largest absolute Gasteiger partial charge is 0.325 e. The van der Waals surface area contributed by atoms with Crippen molar-refractivity contribution >= 4 is 23.4 Å². The van der Waals surface area contributed by atoms with E-state index >= 15 is 0 Å². The molecule has 7 heteroatoms. The number of nitrogens with one attached hydrogen (secondary N) is 2. The van der Waals surface area contributed by atoms with Crippen LogP contribution < -0.4 is 5.32 Å². The van der Waals surface area contributed by atoms with Gasteiger partial charge in [0.05, 0.1) is 16.9 Å².